The van der Waals surface area contributed by atoms with Gasteiger partial charge in [-0.1, -0.05) is 61.2 Å². The van der Waals surface area contributed by atoms with E-state index in [0.29, 0.717) is 50.6 Å². The van der Waals surface area contributed by atoms with E-state index >= 15 is 0 Å². The van der Waals surface area contributed by atoms with Gasteiger partial charge in [-0.3, -0.25) is 14.5 Å². The molecule has 2 atom stereocenters. The molecule has 2 aromatic carbocycles. The summed E-state index contributed by atoms with van der Waals surface area (Å²) in [6.45, 7) is 3.34. The van der Waals surface area contributed by atoms with Crippen molar-refractivity contribution in [1.29, 1.82) is 5.26 Å². The molecule has 0 bridgehead atoms. The van der Waals surface area contributed by atoms with Crippen LogP contribution in [0.3, 0.4) is 0 Å². The Hall–Kier alpha value is -3.67. The molecule has 2 N–H and O–H groups in total. The lowest BCUT2D eigenvalue weighted by Crippen LogP contribution is -2.42. The molecule has 2 aliphatic rings. The second-order valence-corrected chi connectivity index (χ2v) is 13.1. The smallest absolute Gasteiger partial charge is 0.224 e. The molecule has 1 aromatic heterocycles. The van der Waals surface area contributed by atoms with Gasteiger partial charge in [0.2, 0.25) is 11.8 Å². The van der Waals surface area contributed by atoms with Gasteiger partial charge in [0.05, 0.1) is 23.9 Å². The number of nitriles is 1. The summed E-state index contributed by atoms with van der Waals surface area (Å²) in [5, 5.41) is 16.3. The van der Waals surface area contributed by atoms with Crippen LogP contribution >= 0.6 is 11.6 Å². The Morgan fingerprint density at radius 2 is 1.78 bits per heavy atom. The van der Waals surface area contributed by atoms with Gasteiger partial charge < -0.3 is 15.2 Å². The molecule has 238 valence electrons. The van der Waals surface area contributed by atoms with Crippen molar-refractivity contribution in [1.82, 2.24) is 25.1 Å². The number of hydrogen-bond donors (Lipinski definition) is 2. The number of carbonyl (C=O) groups is 2. The number of nitrogens with zero attached hydrogens (tertiary/aromatic N) is 4. The Morgan fingerprint density at radius 1 is 0.978 bits per heavy atom. The van der Waals surface area contributed by atoms with Gasteiger partial charge in [0.25, 0.3) is 0 Å². The predicted molar refractivity (Wildman–Crippen MR) is 176 cm³/mol. The van der Waals surface area contributed by atoms with Gasteiger partial charge in [-0.25, -0.2) is 4.98 Å². The molecule has 0 unspecified atom stereocenters. The predicted octanol–water partition coefficient (Wildman–Crippen LogP) is 5.87. The van der Waals surface area contributed by atoms with Crippen molar-refractivity contribution in [2.24, 2.45) is 11.8 Å². The molecule has 0 spiro atoms. The molecule has 2 heterocycles. The Bertz CT molecular complexity index is 1440. The normalized spacial score (nSPS) is 19.6. The molecule has 45 heavy (non-hydrogen) atoms. The first-order valence-corrected chi connectivity index (χ1v) is 16.9. The van der Waals surface area contributed by atoms with Gasteiger partial charge in [0.15, 0.2) is 0 Å². The summed E-state index contributed by atoms with van der Waals surface area (Å²) in [7, 11) is 0. The standard InChI is InChI=1S/C36H45ClN6O2/c37-34-9-5-4-6-30(34)24-42-19-17-27(20-35(44)41-32-7-2-1-3-8-32)14-15-31(25-42)36(45)40-18-16-33-22-39-26-43(33)23-29-12-10-28(21-38)11-13-29/h4-6,9-13,22,26-27,31-32H,1-3,7-8,14-20,23-25H2,(H,40,45)(H,41,44)/t27-,31-/m1/s1. The van der Waals surface area contributed by atoms with Crippen LogP contribution in [0.25, 0.3) is 0 Å². The van der Waals surface area contributed by atoms with E-state index in [1.165, 1.54) is 19.3 Å². The molecule has 1 saturated heterocycles. The highest BCUT2D eigenvalue weighted by molar-refractivity contribution is 6.31. The number of hydrogen-bond acceptors (Lipinski definition) is 5. The number of rotatable bonds is 11. The highest BCUT2D eigenvalue weighted by Gasteiger charge is 2.28. The highest BCUT2D eigenvalue weighted by Crippen LogP contribution is 2.27. The van der Waals surface area contributed by atoms with Crippen LogP contribution in [0.4, 0.5) is 0 Å². The maximum atomic E-state index is 13.6. The zero-order valence-corrected chi connectivity index (χ0v) is 26.9. The van der Waals surface area contributed by atoms with Gasteiger partial charge in [-0.05, 0) is 73.9 Å². The Balaban J connectivity index is 1.18. The minimum atomic E-state index is -0.166. The molecule has 0 radical (unpaired) electrons. The first kappa shape index (κ1) is 32.7. The topological polar surface area (TPSA) is 103 Å². The van der Waals surface area contributed by atoms with E-state index in [9.17, 15) is 9.59 Å². The van der Waals surface area contributed by atoms with E-state index in [-0.39, 0.29) is 23.7 Å². The number of likely N-dealkylation sites (tertiary alicyclic amines) is 1. The lowest BCUT2D eigenvalue weighted by atomic mass is 9.87. The van der Waals surface area contributed by atoms with Crippen LogP contribution in [0, 0.1) is 23.2 Å². The number of aromatic nitrogens is 2. The third-order valence-electron chi connectivity index (χ3n) is 9.34. The monoisotopic (exact) mass is 628 g/mol. The third kappa shape index (κ3) is 9.91. The van der Waals surface area contributed by atoms with E-state index in [1.807, 2.05) is 54.7 Å². The average Bonchev–Trinajstić information content (AvgIpc) is 3.48. The van der Waals surface area contributed by atoms with E-state index in [2.05, 4.69) is 31.2 Å². The van der Waals surface area contributed by atoms with E-state index in [4.69, 9.17) is 16.9 Å². The molecule has 1 aliphatic carbocycles. The van der Waals surface area contributed by atoms with E-state index in [1.54, 1.807) is 6.33 Å². The molecular weight excluding hydrogens is 584 g/mol. The van der Waals surface area contributed by atoms with Gasteiger partial charge in [-0.2, -0.15) is 5.26 Å². The lowest BCUT2D eigenvalue weighted by molar-refractivity contribution is -0.126. The average molecular weight is 629 g/mol. The van der Waals surface area contributed by atoms with Gasteiger partial charge >= 0.3 is 0 Å². The van der Waals surface area contributed by atoms with Gasteiger partial charge in [0.1, 0.15) is 0 Å². The fourth-order valence-electron chi connectivity index (χ4n) is 6.70. The largest absolute Gasteiger partial charge is 0.355 e. The summed E-state index contributed by atoms with van der Waals surface area (Å²) < 4.78 is 2.08. The minimum absolute atomic E-state index is 0.0598. The third-order valence-corrected chi connectivity index (χ3v) is 9.71. The fourth-order valence-corrected chi connectivity index (χ4v) is 6.90. The summed E-state index contributed by atoms with van der Waals surface area (Å²) in [6, 6.07) is 17.9. The van der Waals surface area contributed by atoms with Crippen molar-refractivity contribution in [2.75, 3.05) is 19.6 Å². The molecule has 2 amide bonds. The van der Waals surface area contributed by atoms with Crippen LogP contribution in [0.15, 0.2) is 61.1 Å². The summed E-state index contributed by atoms with van der Waals surface area (Å²) in [5.74, 6) is 0.295. The van der Waals surface area contributed by atoms with Crippen molar-refractivity contribution in [3.05, 3.63) is 88.5 Å². The van der Waals surface area contributed by atoms with Crippen LogP contribution < -0.4 is 10.6 Å². The number of halogens is 1. The zero-order chi connectivity index (χ0) is 31.4. The summed E-state index contributed by atoms with van der Waals surface area (Å²) in [6.07, 6.45) is 13.2. The summed E-state index contributed by atoms with van der Waals surface area (Å²) in [5.41, 5.74) is 3.83. The first-order chi connectivity index (χ1) is 22.0. The van der Waals surface area contributed by atoms with Crippen molar-refractivity contribution in [3.8, 4) is 6.07 Å². The maximum absolute atomic E-state index is 13.6. The van der Waals surface area contributed by atoms with Crippen LogP contribution in [-0.4, -0.2) is 51.9 Å². The molecule has 5 rings (SSSR count). The second-order valence-electron chi connectivity index (χ2n) is 12.7. The number of nitrogens with one attached hydrogen (secondary N) is 2. The Kier molecular flexibility index (Phi) is 12.1. The van der Waals surface area contributed by atoms with Crippen LogP contribution in [0.1, 0.15) is 80.2 Å². The van der Waals surface area contributed by atoms with Gasteiger partial charge in [0, 0.05) is 62.0 Å². The lowest BCUT2D eigenvalue weighted by Gasteiger charge is -2.33. The van der Waals surface area contributed by atoms with Gasteiger partial charge in [-0.15, -0.1) is 0 Å². The number of carbonyl (C=O) groups excluding carboxylic acids is 2. The van der Waals surface area contributed by atoms with Crippen molar-refractivity contribution in [2.45, 2.75) is 83.3 Å². The molecule has 8 nitrogen and oxygen atoms in total. The minimum Gasteiger partial charge on any atom is -0.355 e. The first-order valence-electron chi connectivity index (χ1n) is 16.5. The van der Waals surface area contributed by atoms with Crippen LogP contribution in [0.2, 0.25) is 5.02 Å². The Labute approximate surface area is 272 Å². The molecule has 1 saturated carbocycles. The van der Waals surface area contributed by atoms with E-state index in [0.717, 1.165) is 60.5 Å². The molecule has 1 aliphatic heterocycles. The molecule has 2 fully saturated rings. The quantitative estimate of drug-likeness (QED) is 0.276. The fraction of sp³-hybridized carbons (Fsp3) is 0.500. The number of benzene rings is 2. The molecule has 3 aromatic rings. The summed E-state index contributed by atoms with van der Waals surface area (Å²) in [4.78, 5) is 33.3. The van der Waals surface area contributed by atoms with Crippen LogP contribution in [-0.2, 0) is 29.1 Å². The summed E-state index contributed by atoms with van der Waals surface area (Å²) >= 11 is 6.52. The maximum Gasteiger partial charge on any atom is 0.224 e. The SMILES string of the molecule is N#Cc1ccc(Cn2cncc2CCNC(=O)[C@@H]2CC[C@@H](CC(=O)NC3CCCCC3)CCN(Cc3ccccc3Cl)C2)cc1. The van der Waals surface area contributed by atoms with Crippen LogP contribution in [0.5, 0.6) is 0 Å². The Morgan fingerprint density at radius 3 is 2.56 bits per heavy atom. The van der Waals surface area contributed by atoms with Crippen molar-refractivity contribution in [3.63, 3.8) is 0 Å². The van der Waals surface area contributed by atoms with E-state index < -0.39 is 0 Å². The number of imidazole rings is 1. The zero-order valence-electron chi connectivity index (χ0n) is 26.1. The second kappa shape index (κ2) is 16.6. The van der Waals surface area contributed by atoms with Crippen molar-refractivity contribution >= 4 is 23.4 Å². The molecular formula is C36H45ClN6O2. The molecule has 9 heteroatoms. The van der Waals surface area contributed by atoms with Crippen molar-refractivity contribution < 1.29 is 9.59 Å². The highest BCUT2D eigenvalue weighted by atomic mass is 35.5. The number of amides is 2.